The van der Waals surface area contributed by atoms with Gasteiger partial charge < -0.3 is 5.32 Å². The molecule has 2 aliphatic rings. The molecule has 26 heavy (non-hydrogen) atoms. The minimum atomic E-state index is -0.433. The fourth-order valence-electron chi connectivity index (χ4n) is 3.94. The fourth-order valence-corrected chi connectivity index (χ4v) is 3.94. The van der Waals surface area contributed by atoms with E-state index >= 15 is 0 Å². The number of carbonyl (C=O) groups excluding carboxylic acids is 1. The van der Waals surface area contributed by atoms with Crippen molar-refractivity contribution in [1.82, 2.24) is 0 Å². The van der Waals surface area contributed by atoms with Crippen molar-refractivity contribution in [2.24, 2.45) is 17.8 Å². The first-order valence-electron chi connectivity index (χ1n) is 9.44. The van der Waals surface area contributed by atoms with Gasteiger partial charge in [0.15, 0.2) is 0 Å². The molecule has 3 atom stereocenters. The number of hydrogen-bond donors (Lipinski definition) is 1. The molecular formula is C21H26N2O3. The summed E-state index contributed by atoms with van der Waals surface area (Å²) >= 11 is 0. The van der Waals surface area contributed by atoms with Crippen LogP contribution in [0.1, 0.15) is 44.1 Å². The van der Waals surface area contributed by atoms with E-state index in [0.717, 1.165) is 44.1 Å². The molecule has 1 saturated carbocycles. The molecule has 1 aromatic rings. The zero-order valence-electron chi connectivity index (χ0n) is 15.2. The van der Waals surface area contributed by atoms with Crippen molar-refractivity contribution >= 4 is 17.3 Å². The van der Waals surface area contributed by atoms with Gasteiger partial charge in [0.2, 0.25) is 5.91 Å². The van der Waals surface area contributed by atoms with Crippen LogP contribution in [0.4, 0.5) is 11.4 Å². The lowest BCUT2D eigenvalue weighted by atomic mass is 10.1. The highest BCUT2D eigenvalue weighted by Crippen LogP contribution is 2.52. The standard InChI is InChI=1S/C21H26N2O3/c1-15-12-13-16(23(25)26)14-19(15)22-21(24)20-17-10-8-6-4-2-3-5-7-9-11-18(17)20/h4-7,12-14,17-18,20H,2-3,8-11H2,1H3,(H,22,24)/b6-4-,7-5+. The molecule has 1 aromatic carbocycles. The molecule has 138 valence electrons. The fraction of sp³-hybridized carbons (Fsp3) is 0.476. The van der Waals surface area contributed by atoms with Gasteiger partial charge in [0.05, 0.1) is 10.6 Å². The second kappa shape index (κ2) is 8.30. The predicted octanol–water partition coefficient (Wildman–Crippen LogP) is 5.17. The Bertz CT molecular complexity index is 715. The molecule has 1 N–H and O–H groups in total. The lowest BCUT2D eigenvalue weighted by Gasteiger charge is -2.08. The topological polar surface area (TPSA) is 72.2 Å². The van der Waals surface area contributed by atoms with E-state index in [4.69, 9.17) is 0 Å². The number of anilines is 1. The van der Waals surface area contributed by atoms with E-state index in [9.17, 15) is 14.9 Å². The summed E-state index contributed by atoms with van der Waals surface area (Å²) in [5, 5.41) is 13.9. The summed E-state index contributed by atoms with van der Waals surface area (Å²) < 4.78 is 0. The summed E-state index contributed by atoms with van der Waals surface area (Å²) in [6, 6.07) is 4.60. The van der Waals surface area contributed by atoms with Crippen LogP contribution in [0.25, 0.3) is 0 Å². The SMILES string of the molecule is Cc1ccc([N+](=O)[O-])cc1NC(=O)C1C2CC/C=C\CC/C=C/CCC21. The molecule has 0 bridgehead atoms. The van der Waals surface area contributed by atoms with Crippen LogP contribution in [0.5, 0.6) is 0 Å². The smallest absolute Gasteiger partial charge is 0.271 e. The number of nitro benzene ring substituents is 1. The average molecular weight is 354 g/mol. The molecule has 0 spiro atoms. The van der Waals surface area contributed by atoms with Crippen molar-refractivity contribution < 1.29 is 9.72 Å². The number of fused-ring (bicyclic) bond motifs is 1. The largest absolute Gasteiger partial charge is 0.325 e. The Labute approximate surface area is 154 Å². The van der Waals surface area contributed by atoms with Gasteiger partial charge in [-0.1, -0.05) is 30.4 Å². The van der Waals surface area contributed by atoms with Crippen molar-refractivity contribution in [2.45, 2.75) is 45.4 Å². The van der Waals surface area contributed by atoms with Gasteiger partial charge in [-0.05, 0) is 62.8 Å². The highest BCUT2D eigenvalue weighted by molar-refractivity contribution is 5.95. The number of hydrogen-bond acceptors (Lipinski definition) is 3. The van der Waals surface area contributed by atoms with Crippen molar-refractivity contribution in [3.8, 4) is 0 Å². The van der Waals surface area contributed by atoms with Gasteiger partial charge in [0.25, 0.3) is 5.69 Å². The van der Waals surface area contributed by atoms with Crippen LogP contribution in [-0.4, -0.2) is 10.8 Å². The first-order chi connectivity index (χ1) is 12.6. The van der Waals surface area contributed by atoms with Crippen molar-refractivity contribution in [3.63, 3.8) is 0 Å². The Hall–Kier alpha value is -2.43. The Morgan fingerprint density at radius 3 is 2.19 bits per heavy atom. The van der Waals surface area contributed by atoms with E-state index in [2.05, 4.69) is 29.6 Å². The number of benzene rings is 1. The number of nitro groups is 1. The average Bonchev–Trinajstić information content (AvgIpc) is 3.29. The Morgan fingerprint density at radius 1 is 1.04 bits per heavy atom. The van der Waals surface area contributed by atoms with E-state index in [0.29, 0.717) is 17.5 Å². The molecule has 3 rings (SSSR count). The summed E-state index contributed by atoms with van der Waals surface area (Å²) in [5.74, 6) is 0.876. The molecule has 1 amide bonds. The van der Waals surface area contributed by atoms with E-state index in [1.54, 1.807) is 6.07 Å². The molecule has 0 aromatic heterocycles. The molecule has 5 nitrogen and oxygen atoms in total. The zero-order valence-corrected chi connectivity index (χ0v) is 15.2. The Morgan fingerprint density at radius 2 is 1.62 bits per heavy atom. The Balaban J connectivity index is 1.68. The van der Waals surface area contributed by atoms with Crippen molar-refractivity contribution in [2.75, 3.05) is 5.32 Å². The number of non-ortho nitro benzene ring substituents is 1. The lowest BCUT2D eigenvalue weighted by molar-refractivity contribution is -0.384. The van der Waals surface area contributed by atoms with Crippen LogP contribution < -0.4 is 5.32 Å². The van der Waals surface area contributed by atoms with Crippen LogP contribution in [0, 0.1) is 34.8 Å². The maximum Gasteiger partial charge on any atom is 0.271 e. The van der Waals surface area contributed by atoms with E-state index in [-0.39, 0.29) is 17.5 Å². The molecule has 0 radical (unpaired) electrons. The quantitative estimate of drug-likeness (QED) is 0.462. The summed E-state index contributed by atoms with van der Waals surface area (Å²) in [7, 11) is 0. The first-order valence-corrected chi connectivity index (χ1v) is 9.44. The third-order valence-electron chi connectivity index (χ3n) is 5.49. The lowest BCUT2D eigenvalue weighted by Crippen LogP contribution is -2.16. The van der Waals surface area contributed by atoms with Gasteiger partial charge in [-0.25, -0.2) is 0 Å². The van der Waals surface area contributed by atoms with Crippen molar-refractivity contribution in [3.05, 3.63) is 58.2 Å². The van der Waals surface area contributed by atoms with Crippen LogP contribution in [0.2, 0.25) is 0 Å². The summed E-state index contributed by atoms with van der Waals surface area (Å²) in [5.41, 5.74) is 1.39. The van der Waals surface area contributed by atoms with Crippen LogP contribution in [0.15, 0.2) is 42.5 Å². The van der Waals surface area contributed by atoms with Gasteiger partial charge in [0, 0.05) is 18.1 Å². The second-order valence-corrected chi connectivity index (χ2v) is 7.27. The van der Waals surface area contributed by atoms with E-state index < -0.39 is 4.92 Å². The normalized spacial score (nSPS) is 28.0. The van der Waals surface area contributed by atoms with Crippen LogP contribution >= 0.6 is 0 Å². The first kappa shape index (κ1) is 18.4. The molecule has 1 fully saturated rings. The van der Waals surface area contributed by atoms with Crippen LogP contribution in [-0.2, 0) is 4.79 Å². The zero-order chi connectivity index (χ0) is 18.5. The van der Waals surface area contributed by atoms with Gasteiger partial charge in [0.1, 0.15) is 0 Å². The number of nitrogens with zero attached hydrogens (tertiary/aromatic N) is 1. The van der Waals surface area contributed by atoms with Gasteiger partial charge in [-0.15, -0.1) is 0 Å². The Kier molecular flexibility index (Phi) is 5.86. The summed E-state index contributed by atoms with van der Waals surface area (Å²) in [6.07, 6.45) is 15.2. The van der Waals surface area contributed by atoms with Crippen molar-refractivity contribution in [1.29, 1.82) is 0 Å². The molecule has 0 saturated heterocycles. The number of aryl methyl sites for hydroxylation is 1. The maximum atomic E-state index is 12.8. The van der Waals surface area contributed by atoms with Gasteiger partial charge >= 0.3 is 0 Å². The number of amides is 1. The van der Waals surface area contributed by atoms with Gasteiger partial charge in [-0.3, -0.25) is 14.9 Å². The highest BCUT2D eigenvalue weighted by atomic mass is 16.6. The summed E-state index contributed by atoms with van der Waals surface area (Å²) in [6.45, 7) is 1.85. The maximum absolute atomic E-state index is 12.8. The molecular weight excluding hydrogens is 328 g/mol. The minimum Gasteiger partial charge on any atom is -0.325 e. The number of carbonyl (C=O) groups is 1. The molecule has 5 heteroatoms. The highest BCUT2D eigenvalue weighted by Gasteiger charge is 2.52. The van der Waals surface area contributed by atoms with E-state index in [1.807, 2.05) is 6.92 Å². The third-order valence-corrected chi connectivity index (χ3v) is 5.49. The molecule has 3 unspecified atom stereocenters. The molecule has 0 heterocycles. The molecule has 2 aliphatic carbocycles. The number of nitrogens with one attached hydrogen (secondary N) is 1. The third kappa shape index (κ3) is 4.40. The second-order valence-electron chi connectivity index (χ2n) is 7.27. The minimum absolute atomic E-state index is 0.00321. The predicted molar refractivity (Wildman–Crippen MR) is 103 cm³/mol. The number of rotatable bonds is 3. The van der Waals surface area contributed by atoms with Gasteiger partial charge in [-0.2, -0.15) is 0 Å². The monoisotopic (exact) mass is 354 g/mol. The number of allylic oxidation sites excluding steroid dienone is 4. The molecule has 0 aliphatic heterocycles. The summed E-state index contributed by atoms with van der Waals surface area (Å²) in [4.78, 5) is 23.3. The van der Waals surface area contributed by atoms with E-state index in [1.165, 1.54) is 12.1 Å². The van der Waals surface area contributed by atoms with Crippen LogP contribution in [0.3, 0.4) is 0 Å².